The van der Waals surface area contributed by atoms with Crippen LogP contribution in [0.2, 0.25) is 0 Å². The monoisotopic (exact) mass is 309 g/mol. The van der Waals surface area contributed by atoms with E-state index in [-0.39, 0.29) is 0 Å². The maximum absolute atomic E-state index is 6.13. The summed E-state index contributed by atoms with van der Waals surface area (Å²) >= 11 is 8.47. The summed E-state index contributed by atoms with van der Waals surface area (Å²) in [6.07, 6.45) is 2.35. The molecule has 0 saturated heterocycles. The zero-order valence-electron chi connectivity index (χ0n) is 6.98. The van der Waals surface area contributed by atoms with Gasteiger partial charge in [-0.2, -0.15) is 0 Å². The summed E-state index contributed by atoms with van der Waals surface area (Å²) in [5.41, 5.74) is 0.607. The van der Waals surface area contributed by atoms with Crippen LogP contribution in [-0.2, 0) is 6.42 Å². The third-order valence-corrected chi connectivity index (χ3v) is 4.99. The van der Waals surface area contributed by atoms with Gasteiger partial charge in [0, 0.05) is 0 Å². The molecule has 0 spiro atoms. The van der Waals surface area contributed by atoms with Gasteiger partial charge in [0.05, 0.1) is 0 Å². The first-order chi connectivity index (χ1) is 5.75. The van der Waals surface area contributed by atoms with Crippen molar-refractivity contribution in [3.63, 3.8) is 0 Å². The van der Waals surface area contributed by atoms with Crippen molar-refractivity contribution in [2.24, 2.45) is 0 Å². The minimum absolute atomic E-state index is 0.822. The molecule has 0 N–H and O–H groups in total. The van der Waals surface area contributed by atoms with Crippen LogP contribution in [0.15, 0.2) is 24.3 Å². The molecule has 1 rings (SSSR count). The standard InChI is InChI=1S/C9H11ClISi/c1-2-5-8-6-3-4-7-9(8)12(10)11/h3-4,6-7H,2,5H2,1H3. The maximum Gasteiger partial charge on any atom is 0.273 e. The fourth-order valence-electron chi connectivity index (χ4n) is 1.19. The van der Waals surface area contributed by atoms with Crippen LogP contribution in [0.25, 0.3) is 0 Å². The van der Waals surface area contributed by atoms with Crippen LogP contribution in [0.5, 0.6) is 0 Å². The van der Waals surface area contributed by atoms with Gasteiger partial charge in [-0.15, -0.1) is 11.1 Å². The summed E-state index contributed by atoms with van der Waals surface area (Å²) in [6.45, 7) is 2.20. The fourth-order valence-corrected chi connectivity index (χ4v) is 4.00. The van der Waals surface area contributed by atoms with Crippen molar-refractivity contribution in [1.29, 1.82) is 0 Å². The first kappa shape index (κ1) is 10.5. The third kappa shape index (κ3) is 2.75. The summed E-state index contributed by atoms with van der Waals surface area (Å²) in [6, 6.07) is 8.50. The molecule has 12 heavy (non-hydrogen) atoms. The average Bonchev–Trinajstić information content (AvgIpc) is 2.05. The normalized spacial score (nSPS) is 10.7. The van der Waals surface area contributed by atoms with Crippen molar-refractivity contribution in [1.82, 2.24) is 0 Å². The molecule has 0 aliphatic carbocycles. The van der Waals surface area contributed by atoms with Crippen molar-refractivity contribution >= 4 is 43.7 Å². The summed E-state index contributed by atoms with van der Waals surface area (Å²) in [5.74, 6) is 0. The van der Waals surface area contributed by atoms with Gasteiger partial charge < -0.3 is 0 Å². The number of aryl methyl sites for hydroxylation is 1. The molecular weight excluding hydrogens is 299 g/mol. The molecule has 0 aromatic heterocycles. The Labute approximate surface area is 92.8 Å². The Hall–Kier alpha value is 0.457. The predicted molar refractivity (Wildman–Crippen MR) is 65.7 cm³/mol. The summed E-state index contributed by atoms with van der Waals surface area (Å²) in [7, 11) is 0. The van der Waals surface area contributed by atoms with Gasteiger partial charge in [0.1, 0.15) is 0 Å². The molecule has 65 valence electrons. The number of rotatable bonds is 3. The lowest BCUT2D eigenvalue weighted by Crippen LogP contribution is -2.21. The van der Waals surface area contributed by atoms with E-state index in [9.17, 15) is 0 Å². The van der Waals surface area contributed by atoms with E-state index < -0.39 is 5.60 Å². The largest absolute Gasteiger partial charge is 0.273 e. The van der Waals surface area contributed by atoms with Gasteiger partial charge in [-0.1, -0.05) is 59.4 Å². The lowest BCUT2D eigenvalue weighted by molar-refractivity contribution is 0.927. The topological polar surface area (TPSA) is 0 Å². The number of benzene rings is 1. The molecule has 0 unspecified atom stereocenters. The van der Waals surface area contributed by atoms with Crippen LogP contribution < -0.4 is 5.19 Å². The maximum atomic E-state index is 6.13. The Morgan fingerprint density at radius 1 is 1.42 bits per heavy atom. The molecule has 0 aliphatic rings. The second-order valence-corrected chi connectivity index (χ2v) is 10.0. The van der Waals surface area contributed by atoms with Crippen molar-refractivity contribution in [2.45, 2.75) is 19.8 Å². The number of halogens is 2. The third-order valence-electron chi connectivity index (χ3n) is 1.74. The Morgan fingerprint density at radius 2 is 2.08 bits per heavy atom. The van der Waals surface area contributed by atoms with Crippen LogP contribution in [-0.4, -0.2) is 5.60 Å². The Kier molecular flexibility index (Phi) is 4.60. The second kappa shape index (κ2) is 5.24. The van der Waals surface area contributed by atoms with Gasteiger partial charge in [0.25, 0.3) is 5.60 Å². The number of hydrogen-bond acceptors (Lipinski definition) is 0. The molecule has 1 radical (unpaired) electrons. The van der Waals surface area contributed by atoms with Gasteiger partial charge in [0.15, 0.2) is 0 Å². The molecule has 0 bridgehead atoms. The van der Waals surface area contributed by atoms with Crippen LogP contribution in [0.3, 0.4) is 0 Å². The Bertz CT molecular complexity index is 250. The first-order valence-corrected chi connectivity index (χ1v) is 9.64. The van der Waals surface area contributed by atoms with E-state index in [0.29, 0.717) is 0 Å². The minimum Gasteiger partial charge on any atom is -0.148 e. The smallest absolute Gasteiger partial charge is 0.148 e. The fraction of sp³-hybridized carbons (Fsp3) is 0.333. The molecule has 3 heteroatoms. The van der Waals surface area contributed by atoms with Gasteiger partial charge in [-0.3, -0.25) is 0 Å². The van der Waals surface area contributed by atoms with Crippen molar-refractivity contribution in [3.8, 4) is 0 Å². The second-order valence-electron chi connectivity index (χ2n) is 2.67. The lowest BCUT2D eigenvalue weighted by Gasteiger charge is -2.06. The molecule has 0 heterocycles. The highest BCUT2D eigenvalue weighted by molar-refractivity contribution is 14.1. The average molecular weight is 310 g/mol. The molecule has 0 saturated carbocycles. The van der Waals surface area contributed by atoms with E-state index in [1.807, 2.05) is 0 Å². The van der Waals surface area contributed by atoms with Gasteiger partial charge in [-0.25, -0.2) is 0 Å². The molecule has 0 nitrogen and oxygen atoms in total. The zero-order chi connectivity index (χ0) is 8.97. The Morgan fingerprint density at radius 3 is 2.67 bits per heavy atom. The Balaban J connectivity index is 2.92. The van der Waals surface area contributed by atoms with E-state index >= 15 is 0 Å². The van der Waals surface area contributed by atoms with Gasteiger partial charge in [0.2, 0.25) is 0 Å². The molecule has 0 fully saturated rings. The van der Waals surface area contributed by atoms with E-state index in [0.717, 1.165) is 6.42 Å². The van der Waals surface area contributed by atoms with Crippen LogP contribution in [0, 0.1) is 0 Å². The highest BCUT2D eigenvalue weighted by Gasteiger charge is 2.10. The predicted octanol–water partition coefficient (Wildman–Crippen LogP) is 3.01. The molecule has 1 aromatic rings. The van der Waals surface area contributed by atoms with Gasteiger partial charge >= 0.3 is 0 Å². The quantitative estimate of drug-likeness (QED) is 0.457. The minimum atomic E-state index is -0.822. The molecule has 1 aromatic carbocycles. The van der Waals surface area contributed by atoms with Crippen molar-refractivity contribution in [2.75, 3.05) is 0 Å². The van der Waals surface area contributed by atoms with E-state index in [1.54, 1.807) is 0 Å². The van der Waals surface area contributed by atoms with Crippen LogP contribution >= 0.6 is 32.9 Å². The van der Waals surface area contributed by atoms with E-state index in [1.165, 1.54) is 17.2 Å². The van der Waals surface area contributed by atoms with Gasteiger partial charge in [-0.05, 0) is 17.2 Å². The van der Waals surface area contributed by atoms with Crippen LogP contribution in [0.1, 0.15) is 18.9 Å². The molecular formula is C9H11ClISi. The summed E-state index contributed by atoms with van der Waals surface area (Å²) in [4.78, 5) is 0. The van der Waals surface area contributed by atoms with Crippen LogP contribution in [0.4, 0.5) is 0 Å². The van der Waals surface area contributed by atoms with Crippen molar-refractivity contribution in [3.05, 3.63) is 29.8 Å². The van der Waals surface area contributed by atoms with E-state index in [2.05, 4.69) is 53.0 Å². The summed E-state index contributed by atoms with van der Waals surface area (Å²) < 4.78 is 0. The molecule has 0 atom stereocenters. The van der Waals surface area contributed by atoms with Crippen molar-refractivity contribution < 1.29 is 0 Å². The number of hydrogen-bond donors (Lipinski definition) is 0. The lowest BCUT2D eigenvalue weighted by atomic mass is 10.1. The first-order valence-electron chi connectivity index (χ1n) is 4.02. The SMILES string of the molecule is CCCc1ccccc1[Si](Cl)I. The highest BCUT2D eigenvalue weighted by Crippen LogP contribution is 2.07. The summed E-state index contributed by atoms with van der Waals surface area (Å²) in [5, 5.41) is 1.37. The van der Waals surface area contributed by atoms with E-state index in [4.69, 9.17) is 11.1 Å². The molecule has 0 aliphatic heterocycles. The highest BCUT2D eigenvalue weighted by atomic mass is 127. The molecule has 0 amide bonds. The zero-order valence-corrected chi connectivity index (χ0v) is 10.9.